The van der Waals surface area contributed by atoms with Gasteiger partial charge in [-0.1, -0.05) is 37.3 Å². The van der Waals surface area contributed by atoms with Gasteiger partial charge in [0.15, 0.2) is 0 Å². The Balaban J connectivity index is 1.58. The SMILES string of the molecule is CCc1ccc(C(CO)NCc2ccc(N3CCCC3)nc2)cc1. The topological polar surface area (TPSA) is 48.4 Å². The maximum absolute atomic E-state index is 9.69. The van der Waals surface area contributed by atoms with Crippen molar-refractivity contribution in [2.24, 2.45) is 0 Å². The molecule has 0 spiro atoms. The van der Waals surface area contributed by atoms with Gasteiger partial charge in [-0.15, -0.1) is 0 Å². The summed E-state index contributed by atoms with van der Waals surface area (Å²) >= 11 is 0. The number of aryl methyl sites for hydroxylation is 1. The fourth-order valence-electron chi connectivity index (χ4n) is 3.17. The largest absolute Gasteiger partial charge is 0.394 e. The summed E-state index contributed by atoms with van der Waals surface area (Å²) in [6, 6.07) is 12.6. The van der Waals surface area contributed by atoms with E-state index in [1.54, 1.807) is 0 Å². The summed E-state index contributed by atoms with van der Waals surface area (Å²) in [5.74, 6) is 1.07. The van der Waals surface area contributed by atoms with Gasteiger partial charge in [-0.25, -0.2) is 4.98 Å². The van der Waals surface area contributed by atoms with Crippen molar-refractivity contribution in [2.45, 2.75) is 38.8 Å². The van der Waals surface area contributed by atoms with Gasteiger partial charge in [-0.2, -0.15) is 0 Å². The average Bonchev–Trinajstić information content (AvgIpc) is 3.18. The van der Waals surface area contributed by atoms with Gasteiger partial charge in [-0.3, -0.25) is 0 Å². The number of aliphatic hydroxyl groups is 1. The molecule has 1 unspecified atom stereocenters. The van der Waals surface area contributed by atoms with E-state index in [2.05, 4.69) is 58.5 Å². The molecule has 1 aliphatic heterocycles. The highest BCUT2D eigenvalue weighted by Gasteiger charge is 2.13. The third-order valence-corrected chi connectivity index (χ3v) is 4.76. The van der Waals surface area contributed by atoms with Crippen molar-refractivity contribution in [1.82, 2.24) is 10.3 Å². The second-order valence-electron chi connectivity index (χ2n) is 6.43. The third-order valence-electron chi connectivity index (χ3n) is 4.76. The van der Waals surface area contributed by atoms with Crippen LogP contribution in [0.4, 0.5) is 5.82 Å². The zero-order valence-corrected chi connectivity index (χ0v) is 14.4. The number of pyridine rings is 1. The van der Waals surface area contributed by atoms with Gasteiger partial charge in [0, 0.05) is 25.8 Å². The lowest BCUT2D eigenvalue weighted by Gasteiger charge is -2.18. The monoisotopic (exact) mass is 325 g/mol. The molecule has 1 aromatic heterocycles. The number of aliphatic hydroxyl groups excluding tert-OH is 1. The van der Waals surface area contributed by atoms with Crippen LogP contribution in [-0.4, -0.2) is 29.8 Å². The molecule has 128 valence electrons. The fourth-order valence-corrected chi connectivity index (χ4v) is 3.17. The Labute approximate surface area is 144 Å². The van der Waals surface area contributed by atoms with E-state index in [0.717, 1.165) is 36.5 Å². The summed E-state index contributed by atoms with van der Waals surface area (Å²) < 4.78 is 0. The number of hydrogen-bond acceptors (Lipinski definition) is 4. The lowest BCUT2D eigenvalue weighted by molar-refractivity contribution is 0.243. The maximum atomic E-state index is 9.69. The maximum Gasteiger partial charge on any atom is 0.128 e. The summed E-state index contributed by atoms with van der Waals surface area (Å²) in [7, 11) is 0. The molecular weight excluding hydrogens is 298 g/mol. The van der Waals surface area contributed by atoms with Gasteiger partial charge < -0.3 is 15.3 Å². The summed E-state index contributed by atoms with van der Waals surface area (Å²) in [5.41, 5.74) is 3.58. The van der Waals surface area contributed by atoms with Gasteiger partial charge >= 0.3 is 0 Å². The first-order valence-corrected chi connectivity index (χ1v) is 8.93. The molecule has 0 aliphatic carbocycles. The molecule has 1 atom stereocenters. The zero-order chi connectivity index (χ0) is 16.8. The lowest BCUT2D eigenvalue weighted by atomic mass is 10.0. The molecule has 3 rings (SSSR count). The third kappa shape index (κ3) is 4.13. The Bertz CT molecular complexity index is 618. The Kier molecular flexibility index (Phi) is 5.83. The van der Waals surface area contributed by atoms with E-state index in [-0.39, 0.29) is 12.6 Å². The van der Waals surface area contributed by atoms with E-state index in [4.69, 9.17) is 0 Å². The van der Waals surface area contributed by atoms with Crippen LogP contribution in [0.1, 0.15) is 42.5 Å². The predicted molar refractivity (Wildman–Crippen MR) is 98.2 cm³/mol. The summed E-state index contributed by atoms with van der Waals surface area (Å²) in [6.07, 6.45) is 5.50. The summed E-state index contributed by atoms with van der Waals surface area (Å²) in [6.45, 7) is 5.17. The van der Waals surface area contributed by atoms with Crippen LogP contribution in [0.25, 0.3) is 0 Å². The van der Waals surface area contributed by atoms with Crippen LogP contribution in [0.15, 0.2) is 42.6 Å². The zero-order valence-electron chi connectivity index (χ0n) is 14.4. The van der Waals surface area contributed by atoms with Crippen molar-refractivity contribution in [3.63, 3.8) is 0 Å². The van der Waals surface area contributed by atoms with Crippen LogP contribution in [0.5, 0.6) is 0 Å². The normalized spacial score (nSPS) is 15.7. The van der Waals surface area contributed by atoms with Crippen LogP contribution < -0.4 is 10.2 Å². The van der Waals surface area contributed by atoms with Crippen molar-refractivity contribution in [1.29, 1.82) is 0 Å². The van der Waals surface area contributed by atoms with E-state index >= 15 is 0 Å². The highest BCUT2D eigenvalue weighted by Crippen LogP contribution is 2.18. The van der Waals surface area contributed by atoms with Gasteiger partial charge in [0.05, 0.1) is 12.6 Å². The first-order valence-electron chi connectivity index (χ1n) is 8.93. The molecule has 4 nitrogen and oxygen atoms in total. The number of nitrogens with zero attached hydrogens (tertiary/aromatic N) is 2. The molecule has 2 heterocycles. The van der Waals surface area contributed by atoms with E-state index in [0.29, 0.717) is 6.54 Å². The van der Waals surface area contributed by atoms with E-state index < -0.39 is 0 Å². The molecule has 0 amide bonds. The van der Waals surface area contributed by atoms with E-state index in [1.165, 1.54) is 18.4 Å². The molecule has 0 bridgehead atoms. The standard InChI is InChI=1S/C20H27N3O/c1-2-16-5-8-18(9-6-16)19(15-24)21-13-17-7-10-20(22-14-17)23-11-3-4-12-23/h5-10,14,19,21,24H,2-4,11-13,15H2,1H3. The molecule has 0 radical (unpaired) electrons. The molecule has 4 heteroatoms. The molecule has 1 aliphatic rings. The lowest BCUT2D eigenvalue weighted by Crippen LogP contribution is -2.24. The first-order chi connectivity index (χ1) is 11.8. The second kappa shape index (κ2) is 8.27. The number of hydrogen-bond donors (Lipinski definition) is 2. The minimum Gasteiger partial charge on any atom is -0.394 e. The predicted octanol–water partition coefficient (Wildman–Crippen LogP) is 3.07. The van der Waals surface area contributed by atoms with Crippen LogP contribution in [0.2, 0.25) is 0 Å². The highest BCUT2D eigenvalue weighted by molar-refractivity contribution is 5.40. The minimum absolute atomic E-state index is 0.0471. The number of benzene rings is 1. The quantitative estimate of drug-likeness (QED) is 0.821. The van der Waals surface area contributed by atoms with Crippen LogP contribution in [0.3, 0.4) is 0 Å². The van der Waals surface area contributed by atoms with E-state index in [9.17, 15) is 5.11 Å². The Morgan fingerprint density at radius 3 is 2.38 bits per heavy atom. The fraction of sp³-hybridized carbons (Fsp3) is 0.450. The molecule has 1 saturated heterocycles. The van der Waals surface area contributed by atoms with Crippen molar-refractivity contribution >= 4 is 5.82 Å². The molecule has 2 N–H and O–H groups in total. The average molecular weight is 325 g/mol. The van der Waals surface area contributed by atoms with Crippen molar-refractivity contribution in [3.8, 4) is 0 Å². The highest BCUT2D eigenvalue weighted by atomic mass is 16.3. The van der Waals surface area contributed by atoms with E-state index in [1.807, 2.05) is 6.20 Å². The Morgan fingerprint density at radius 2 is 1.79 bits per heavy atom. The number of aromatic nitrogens is 1. The van der Waals surface area contributed by atoms with Gasteiger partial charge in [0.1, 0.15) is 5.82 Å². The van der Waals surface area contributed by atoms with Crippen LogP contribution in [0, 0.1) is 0 Å². The van der Waals surface area contributed by atoms with Gasteiger partial charge in [0.25, 0.3) is 0 Å². The smallest absolute Gasteiger partial charge is 0.128 e. The van der Waals surface area contributed by atoms with Crippen molar-refractivity contribution < 1.29 is 5.11 Å². The summed E-state index contributed by atoms with van der Waals surface area (Å²) in [5, 5.41) is 13.1. The molecule has 2 aromatic rings. The molecule has 0 saturated carbocycles. The Hall–Kier alpha value is -1.91. The Morgan fingerprint density at radius 1 is 1.08 bits per heavy atom. The molecule has 1 fully saturated rings. The summed E-state index contributed by atoms with van der Waals surface area (Å²) in [4.78, 5) is 6.92. The van der Waals surface area contributed by atoms with Gasteiger partial charge in [0.2, 0.25) is 0 Å². The molecular formula is C20H27N3O. The van der Waals surface area contributed by atoms with Crippen LogP contribution >= 0.6 is 0 Å². The molecule has 1 aromatic carbocycles. The van der Waals surface area contributed by atoms with Crippen molar-refractivity contribution in [2.75, 3.05) is 24.6 Å². The number of anilines is 1. The number of nitrogens with one attached hydrogen (secondary N) is 1. The molecule has 24 heavy (non-hydrogen) atoms. The second-order valence-corrected chi connectivity index (χ2v) is 6.43. The first kappa shape index (κ1) is 16.9. The minimum atomic E-state index is -0.0471. The number of rotatable bonds is 7. The van der Waals surface area contributed by atoms with Crippen LogP contribution in [-0.2, 0) is 13.0 Å². The van der Waals surface area contributed by atoms with Gasteiger partial charge in [-0.05, 0) is 42.0 Å². The van der Waals surface area contributed by atoms with Crippen molar-refractivity contribution in [3.05, 3.63) is 59.3 Å².